The van der Waals surface area contributed by atoms with Crippen molar-refractivity contribution in [2.45, 2.75) is 5.92 Å². The van der Waals surface area contributed by atoms with Gasteiger partial charge in [0.15, 0.2) is 0 Å². The van der Waals surface area contributed by atoms with Gasteiger partial charge in [0.1, 0.15) is 11.8 Å². The number of nitrogens with one attached hydrogen (secondary N) is 1. The second-order valence-electron chi connectivity index (χ2n) is 5.34. The molecule has 0 spiro atoms. The maximum atomic E-state index is 9.68. The molecule has 0 aliphatic carbocycles. The summed E-state index contributed by atoms with van der Waals surface area (Å²) in [5.74, 6) is -0.200. The quantitative estimate of drug-likeness (QED) is 0.543. The fourth-order valence-electron chi connectivity index (χ4n) is 2.59. The van der Waals surface area contributed by atoms with E-state index in [2.05, 4.69) is 16.6 Å². The van der Waals surface area contributed by atoms with Gasteiger partial charge in [-0.25, -0.2) is 0 Å². The van der Waals surface area contributed by atoms with E-state index in [1.807, 2.05) is 91.0 Å². The molecule has 0 radical (unpaired) electrons. The van der Waals surface area contributed by atoms with Crippen LogP contribution >= 0.6 is 0 Å². The van der Waals surface area contributed by atoms with Gasteiger partial charge in [0.05, 0.1) is 11.6 Å². The number of hydrazone groups is 1. The van der Waals surface area contributed by atoms with Crippen molar-refractivity contribution in [2.75, 3.05) is 5.43 Å². The lowest BCUT2D eigenvalue weighted by atomic mass is 9.88. The van der Waals surface area contributed by atoms with Crippen LogP contribution in [0.4, 0.5) is 5.69 Å². The molecule has 0 fully saturated rings. The molecule has 3 aromatic rings. The van der Waals surface area contributed by atoms with Gasteiger partial charge in [0.25, 0.3) is 0 Å². The molecule has 0 bridgehead atoms. The first-order valence-corrected chi connectivity index (χ1v) is 7.77. The van der Waals surface area contributed by atoms with E-state index < -0.39 is 0 Å². The highest BCUT2D eigenvalue weighted by Gasteiger charge is 2.20. The highest BCUT2D eigenvalue weighted by atomic mass is 15.3. The Kier molecular flexibility index (Phi) is 5.01. The summed E-state index contributed by atoms with van der Waals surface area (Å²) < 4.78 is 0. The van der Waals surface area contributed by atoms with Crippen molar-refractivity contribution in [3.8, 4) is 6.07 Å². The summed E-state index contributed by atoms with van der Waals surface area (Å²) in [6.07, 6.45) is 0. The average molecular weight is 311 g/mol. The molecular weight excluding hydrogens is 294 g/mol. The zero-order valence-corrected chi connectivity index (χ0v) is 13.1. The third-order valence-corrected chi connectivity index (χ3v) is 3.73. The lowest BCUT2D eigenvalue weighted by Gasteiger charge is -2.16. The largest absolute Gasteiger partial charge is 0.278 e. The van der Waals surface area contributed by atoms with Gasteiger partial charge < -0.3 is 0 Å². The topological polar surface area (TPSA) is 48.2 Å². The second kappa shape index (κ2) is 7.75. The van der Waals surface area contributed by atoms with Crippen LogP contribution in [0, 0.1) is 11.3 Å². The molecule has 0 aliphatic heterocycles. The van der Waals surface area contributed by atoms with E-state index in [4.69, 9.17) is 0 Å². The highest BCUT2D eigenvalue weighted by molar-refractivity contribution is 6.05. The van der Waals surface area contributed by atoms with E-state index in [-0.39, 0.29) is 5.92 Å². The zero-order valence-electron chi connectivity index (χ0n) is 13.1. The predicted molar refractivity (Wildman–Crippen MR) is 97.8 cm³/mol. The van der Waals surface area contributed by atoms with Gasteiger partial charge in [-0.15, -0.1) is 0 Å². The van der Waals surface area contributed by atoms with Gasteiger partial charge >= 0.3 is 0 Å². The molecule has 0 saturated carbocycles. The van der Waals surface area contributed by atoms with Crippen molar-refractivity contribution >= 4 is 11.4 Å². The standard InChI is InChI=1S/C21H17N3/c22-16-20(24-23-19-14-8-3-9-15-19)21(17-10-4-1-5-11-17)18-12-6-2-7-13-18/h1-15,21,23H/b24-20+. The summed E-state index contributed by atoms with van der Waals surface area (Å²) >= 11 is 0. The van der Waals surface area contributed by atoms with Crippen LogP contribution in [0.25, 0.3) is 0 Å². The number of nitriles is 1. The molecule has 0 atom stereocenters. The normalized spacial score (nSPS) is 11.1. The summed E-state index contributed by atoms with van der Waals surface area (Å²) in [6.45, 7) is 0. The van der Waals surface area contributed by atoms with E-state index >= 15 is 0 Å². The molecule has 0 saturated heterocycles. The van der Waals surface area contributed by atoms with Crippen molar-refractivity contribution in [1.82, 2.24) is 0 Å². The Morgan fingerprint density at radius 2 is 1.21 bits per heavy atom. The fraction of sp³-hybridized carbons (Fsp3) is 0.0476. The molecule has 116 valence electrons. The Labute approximate surface area is 141 Å². The predicted octanol–water partition coefficient (Wildman–Crippen LogP) is 4.81. The number of hydrogen-bond donors (Lipinski definition) is 1. The van der Waals surface area contributed by atoms with Crippen molar-refractivity contribution in [3.63, 3.8) is 0 Å². The van der Waals surface area contributed by atoms with Crippen LogP contribution in [0.3, 0.4) is 0 Å². The Hall–Kier alpha value is -3.38. The van der Waals surface area contributed by atoms with Gasteiger partial charge in [-0.2, -0.15) is 10.4 Å². The summed E-state index contributed by atoms with van der Waals surface area (Å²) in [5.41, 5.74) is 6.34. The molecule has 3 heteroatoms. The van der Waals surface area contributed by atoms with E-state index in [1.54, 1.807) is 0 Å². The fourth-order valence-corrected chi connectivity index (χ4v) is 2.59. The highest BCUT2D eigenvalue weighted by Crippen LogP contribution is 2.26. The molecule has 3 aromatic carbocycles. The van der Waals surface area contributed by atoms with Crippen LogP contribution < -0.4 is 5.43 Å². The Morgan fingerprint density at radius 1 is 0.750 bits per heavy atom. The summed E-state index contributed by atoms with van der Waals surface area (Å²) in [7, 11) is 0. The number of hydrogen-bond acceptors (Lipinski definition) is 3. The Balaban J connectivity index is 1.99. The minimum Gasteiger partial charge on any atom is -0.278 e. The smallest absolute Gasteiger partial charge is 0.149 e. The van der Waals surface area contributed by atoms with Gasteiger partial charge in [0, 0.05) is 0 Å². The molecular formula is C21H17N3. The first-order chi connectivity index (χ1) is 11.9. The van der Waals surface area contributed by atoms with E-state index in [9.17, 15) is 5.26 Å². The van der Waals surface area contributed by atoms with Crippen LogP contribution in [0.15, 0.2) is 96.1 Å². The van der Waals surface area contributed by atoms with Crippen molar-refractivity contribution in [1.29, 1.82) is 5.26 Å². The van der Waals surface area contributed by atoms with Crippen molar-refractivity contribution in [3.05, 3.63) is 102 Å². The monoisotopic (exact) mass is 311 g/mol. The molecule has 1 N–H and O–H groups in total. The Morgan fingerprint density at radius 3 is 1.67 bits per heavy atom. The third kappa shape index (κ3) is 3.68. The number of nitrogens with zero attached hydrogens (tertiary/aromatic N) is 2. The van der Waals surface area contributed by atoms with E-state index in [0.717, 1.165) is 16.8 Å². The molecule has 0 aliphatic rings. The van der Waals surface area contributed by atoms with E-state index in [1.165, 1.54) is 0 Å². The Bertz CT molecular complexity index is 795. The third-order valence-electron chi connectivity index (χ3n) is 3.73. The molecule has 0 heterocycles. The maximum Gasteiger partial charge on any atom is 0.149 e. The number of benzene rings is 3. The number of anilines is 1. The van der Waals surface area contributed by atoms with Gasteiger partial charge in [0.2, 0.25) is 0 Å². The second-order valence-corrected chi connectivity index (χ2v) is 5.34. The van der Waals surface area contributed by atoms with Crippen LogP contribution in [0.1, 0.15) is 17.0 Å². The van der Waals surface area contributed by atoms with Crippen LogP contribution in [-0.4, -0.2) is 5.71 Å². The minimum absolute atomic E-state index is 0.200. The number of para-hydroxylation sites is 1. The first-order valence-electron chi connectivity index (χ1n) is 7.77. The summed E-state index contributed by atoms with van der Waals surface area (Å²) in [6, 6.07) is 31.8. The van der Waals surface area contributed by atoms with Crippen LogP contribution in [-0.2, 0) is 0 Å². The molecule has 24 heavy (non-hydrogen) atoms. The maximum absolute atomic E-state index is 9.68. The van der Waals surface area contributed by atoms with Gasteiger partial charge in [-0.3, -0.25) is 5.43 Å². The van der Waals surface area contributed by atoms with E-state index in [0.29, 0.717) is 5.71 Å². The average Bonchev–Trinajstić information content (AvgIpc) is 2.67. The molecule has 0 unspecified atom stereocenters. The lowest BCUT2D eigenvalue weighted by molar-refractivity contribution is 1.07. The van der Waals surface area contributed by atoms with Gasteiger partial charge in [-0.05, 0) is 23.3 Å². The zero-order chi connectivity index (χ0) is 16.6. The molecule has 0 amide bonds. The lowest BCUT2D eigenvalue weighted by Crippen LogP contribution is -2.14. The SMILES string of the molecule is N#C/C(=N\Nc1ccccc1)C(c1ccccc1)c1ccccc1. The molecule has 0 aromatic heterocycles. The summed E-state index contributed by atoms with van der Waals surface area (Å²) in [4.78, 5) is 0. The summed E-state index contributed by atoms with van der Waals surface area (Å²) in [5, 5.41) is 14.0. The van der Waals surface area contributed by atoms with Crippen LogP contribution in [0.5, 0.6) is 0 Å². The number of rotatable bonds is 5. The first kappa shape index (κ1) is 15.5. The van der Waals surface area contributed by atoms with Crippen molar-refractivity contribution < 1.29 is 0 Å². The molecule has 3 nitrogen and oxygen atoms in total. The van der Waals surface area contributed by atoms with Crippen molar-refractivity contribution in [2.24, 2.45) is 5.10 Å². The minimum atomic E-state index is -0.200. The molecule has 3 rings (SSSR count). The van der Waals surface area contributed by atoms with Gasteiger partial charge in [-0.1, -0.05) is 78.9 Å². The van der Waals surface area contributed by atoms with Crippen LogP contribution in [0.2, 0.25) is 0 Å².